The van der Waals surface area contributed by atoms with E-state index in [1.54, 1.807) is 6.92 Å². The van der Waals surface area contributed by atoms with Crippen molar-refractivity contribution in [3.05, 3.63) is 35.1 Å². The summed E-state index contributed by atoms with van der Waals surface area (Å²) in [6.07, 6.45) is -1.65. The largest absolute Gasteiger partial charge is 0.464 e. The lowest BCUT2D eigenvalue weighted by atomic mass is 10.0. The third-order valence-corrected chi connectivity index (χ3v) is 2.09. The molecule has 0 aliphatic heterocycles. The van der Waals surface area contributed by atoms with E-state index >= 15 is 0 Å². The highest BCUT2D eigenvalue weighted by Crippen LogP contribution is 2.22. The molecular formula is C11H12F2O3. The van der Waals surface area contributed by atoms with Gasteiger partial charge >= 0.3 is 5.97 Å². The van der Waals surface area contributed by atoms with Crippen molar-refractivity contribution >= 4 is 5.97 Å². The van der Waals surface area contributed by atoms with Gasteiger partial charge in [0, 0.05) is 11.1 Å². The number of ether oxygens (including phenoxy) is 1. The van der Waals surface area contributed by atoms with Gasteiger partial charge in [-0.25, -0.2) is 13.6 Å². The summed E-state index contributed by atoms with van der Waals surface area (Å²) < 4.78 is 30.3. The Morgan fingerprint density at radius 3 is 2.81 bits per heavy atom. The van der Waals surface area contributed by atoms with Gasteiger partial charge in [-0.2, -0.15) is 0 Å². The fraction of sp³-hybridized carbons (Fsp3) is 0.364. The molecule has 1 aromatic rings. The Labute approximate surface area is 91.7 Å². The van der Waals surface area contributed by atoms with Crippen LogP contribution in [0.25, 0.3) is 0 Å². The third kappa shape index (κ3) is 2.55. The van der Waals surface area contributed by atoms with Gasteiger partial charge in [0.25, 0.3) is 0 Å². The van der Waals surface area contributed by atoms with Crippen molar-refractivity contribution in [2.45, 2.75) is 19.7 Å². The summed E-state index contributed by atoms with van der Waals surface area (Å²) in [6.45, 7) is 0.584. The zero-order valence-corrected chi connectivity index (χ0v) is 8.74. The first kappa shape index (κ1) is 12.6. The highest BCUT2D eigenvalue weighted by Gasteiger charge is 2.23. The van der Waals surface area contributed by atoms with E-state index in [9.17, 15) is 18.7 Å². The smallest absolute Gasteiger partial charge is 0.339 e. The molecule has 1 aromatic carbocycles. The maximum atomic E-state index is 13.2. The summed E-state index contributed by atoms with van der Waals surface area (Å²) >= 11 is 0. The average Bonchev–Trinajstić information content (AvgIpc) is 2.28. The molecule has 0 saturated carbocycles. The van der Waals surface area contributed by atoms with Crippen LogP contribution in [0.2, 0.25) is 0 Å². The van der Waals surface area contributed by atoms with Gasteiger partial charge in [-0.3, -0.25) is 0 Å². The maximum absolute atomic E-state index is 13.2. The summed E-state index contributed by atoms with van der Waals surface area (Å²) in [6, 6.07) is 3.65. The normalized spacial score (nSPS) is 12.2. The first-order chi connectivity index (χ1) is 7.61. The predicted molar refractivity (Wildman–Crippen MR) is 52.8 cm³/mol. The molecule has 0 amide bonds. The van der Waals surface area contributed by atoms with E-state index in [4.69, 9.17) is 0 Å². The van der Waals surface area contributed by atoms with E-state index in [-0.39, 0.29) is 17.7 Å². The molecule has 88 valence electrons. The lowest BCUT2D eigenvalue weighted by Gasteiger charge is -2.13. The van der Waals surface area contributed by atoms with Crippen LogP contribution in [-0.4, -0.2) is 17.7 Å². The summed E-state index contributed by atoms with van der Waals surface area (Å²) in [4.78, 5) is 11.2. The van der Waals surface area contributed by atoms with Gasteiger partial charge < -0.3 is 9.84 Å². The second-order valence-corrected chi connectivity index (χ2v) is 3.10. The number of rotatable bonds is 4. The minimum absolute atomic E-state index is 0.0934. The number of hydrogen-bond acceptors (Lipinski definition) is 3. The second-order valence-electron chi connectivity index (χ2n) is 3.10. The second kappa shape index (κ2) is 5.55. The molecule has 0 aliphatic rings. The van der Waals surface area contributed by atoms with Gasteiger partial charge in [-0.1, -0.05) is 12.1 Å². The van der Waals surface area contributed by atoms with Gasteiger partial charge in [0.05, 0.1) is 6.61 Å². The van der Waals surface area contributed by atoms with Crippen LogP contribution in [-0.2, 0) is 16.2 Å². The van der Waals surface area contributed by atoms with Crippen LogP contribution in [0, 0.1) is 5.82 Å². The fourth-order valence-electron chi connectivity index (χ4n) is 1.32. The molecule has 0 fully saturated rings. The van der Waals surface area contributed by atoms with Crippen LogP contribution in [0.3, 0.4) is 0 Å². The van der Waals surface area contributed by atoms with Crippen LogP contribution in [0.1, 0.15) is 24.2 Å². The Bertz CT molecular complexity index is 379. The molecular weight excluding hydrogens is 218 g/mol. The number of benzene rings is 1. The summed E-state index contributed by atoms with van der Waals surface area (Å²) in [5.41, 5.74) is -0.413. The van der Waals surface area contributed by atoms with E-state index in [2.05, 4.69) is 4.74 Å². The number of esters is 1. The van der Waals surface area contributed by atoms with Gasteiger partial charge in [-0.05, 0) is 13.0 Å². The SMILES string of the molecule is CCOC(=O)C(O)c1cccc(F)c1CF. The van der Waals surface area contributed by atoms with Gasteiger partial charge in [0.15, 0.2) is 6.10 Å². The third-order valence-electron chi connectivity index (χ3n) is 2.09. The number of aliphatic hydroxyl groups is 1. The van der Waals surface area contributed by atoms with E-state index < -0.39 is 24.6 Å². The molecule has 1 unspecified atom stereocenters. The van der Waals surface area contributed by atoms with E-state index in [1.165, 1.54) is 12.1 Å². The van der Waals surface area contributed by atoms with Crippen molar-refractivity contribution in [1.82, 2.24) is 0 Å². The van der Waals surface area contributed by atoms with Crippen molar-refractivity contribution in [2.24, 2.45) is 0 Å². The van der Waals surface area contributed by atoms with Crippen molar-refractivity contribution < 1.29 is 23.4 Å². The summed E-state index contributed by atoms with van der Waals surface area (Å²) in [5, 5.41) is 9.55. The van der Waals surface area contributed by atoms with Gasteiger partial charge in [0.1, 0.15) is 12.5 Å². The summed E-state index contributed by atoms with van der Waals surface area (Å²) in [7, 11) is 0. The molecule has 0 saturated heterocycles. The number of hydrogen-bond donors (Lipinski definition) is 1. The molecule has 1 rings (SSSR count). The maximum Gasteiger partial charge on any atom is 0.339 e. The lowest BCUT2D eigenvalue weighted by molar-refractivity contribution is -0.153. The number of carbonyl (C=O) groups excluding carboxylic acids is 1. The van der Waals surface area contributed by atoms with Crippen LogP contribution in [0.5, 0.6) is 0 Å². The van der Waals surface area contributed by atoms with E-state index in [0.29, 0.717) is 0 Å². The molecule has 1 atom stereocenters. The average molecular weight is 230 g/mol. The van der Waals surface area contributed by atoms with Gasteiger partial charge in [0.2, 0.25) is 0 Å². The Morgan fingerprint density at radius 1 is 1.56 bits per heavy atom. The number of halogens is 2. The lowest BCUT2D eigenvalue weighted by Crippen LogP contribution is -2.17. The summed E-state index contributed by atoms with van der Waals surface area (Å²) in [5.74, 6) is -1.70. The molecule has 0 aliphatic carbocycles. The Hall–Kier alpha value is -1.49. The number of aliphatic hydroxyl groups excluding tert-OH is 1. The van der Waals surface area contributed by atoms with E-state index in [1.807, 2.05) is 0 Å². The topological polar surface area (TPSA) is 46.5 Å². The molecule has 0 aromatic heterocycles. The van der Waals surface area contributed by atoms with Crippen LogP contribution >= 0.6 is 0 Å². The molecule has 1 N–H and O–H groups in total. The van der Waals surface area contributed by atoms with Crippen molar-refractivity contribution in [3.8, 4) is 0 Å². The van der Waals surface area contributed by atoms with Gasteiger partial charge in [-0.15, -0.1) is 0 Å². The molecule has 3 nitrogen and oxygen atoms in total. The van der Waals surface area contributed by atoms with Crippen molar-refractivity contribution in [1.29, 1.82) is 0 Å². The number of carbonyl (C=O) groups is 1. The zero-order chi connectivity index (χ0) is 12.1. The first-order valence-electron chi connectivity index (χ1n) is 4.79. The Morgan fingerprint density at radius 2 is 2.25 bits per heavy atom. The highest BCUT2D eigenvalue weighted by molar-refractivity contribution is 5.76. The molecule has 16 heavy (non-hydrogen) atoms. The fourth-order valence-corrected chi connectivity index (χ4v) is 1.32. The van der Waals surface area contributed by atoms with Crippen LogP contribution in [0.4, 0.5) is 8.78 Å². The quantitative estimate of drug-likeness (QED) is 0.803. The standard InChI is InChI=1S/C11H12F2O3/c1-2-16-11(15)10(14)7-4-3-5-9(13)8(7)6-12/h3-5,10,14H,2,6H2,1H3. The van der Waals surface area contributed by atoms with E-state index in [0.717, 1.165) is 6.07 Å². The molecule has 0 bridgehead atoms. The zero-order valence-electron chi connectivity index (χ0n) is 8.74. The van der Waals surface area contributed by atoms with Crippen molar-refractivity contribution in [2.75, 3.05) is 6.61 Å². The minimum Gasteiger partial charge on any atom is -0.464 e. The molecule has 0 radical (unpaired) electrons. The van der Waals surface area contributed by atoms with Crippen LogP contribution < -0.4 is 0 Å². The van der Waals surface area contributed by atoms with Crippen molar-refractivity contribution in [3.63, 3.8) is 0 Å². The highest BCUT2D eigenvalue weighted by atomic mass is 19.1. The molecule has 5 heteroatoms. The minimum atomic E-state index is -1.65. The Kier molecular flexibility index (Phi) is 4.37. The first-order valence-corrected chi connectivity index (χ1v) is 4.79. The molecule has 0 heterocycles. The monoisotopic (exact) mass is 230 g/mol. The van der Waals surface area contributed by atoms with Crippen LogP contribution in [0.15, 0.2) is 18.2 Å². The number of alkyl halides is 1. The predicted octanol–water partition coefficient (Wildman–Crippen LogP) is 1.89. The Balaban J connectivity index is 3.03. The molecule has 0 spiro atoms.